The van der Waals surface area contributed by atoms with Crippen molar-refractivity contribution in [3.8, 4) is 11.5 Å². The molecule has 1 aromatic carbocycles. The van der Waals surface area contributed by atoms with Gasteiger partial charge in [-0.1, -0.05) is 6.07 Å². The van der Waals surface area contributed by atoms with Gasteiger partial charge in [-0.3, -0.25) is 4.79 Å². The largest absolute Gasteiger partial charge is 0.493 e. The normalized spacial score (nSPS) is 23.7. The average Bonchev–Trinajstić information content (AvgIpc) is 2.85. The highest BCUT2D eigenvalue weighted by atomic mass is 19.3. The standard InChI is InChI=1S/C16H20F2N2O3/c1-22-13-4-2-3-12(14(13)23-16(17)18)15(21)20-8-7-10-5-6-11(9-20)19-10/h2-4,10-11,16,19H,5-9H2,1H3. The highest BCUT2D eigenvalue weighted by Crippen LogP contribution is 2.34. The monoisotopic (exact) mass is 326 g/mol. The van der Waals surface area contributed by atoms with E-state index in [0.717, 1.165) is 19.3 Å². The summed E-state index contributed by atoms with van der Waals surface area (Å²) in [6.07, 6.45) is 3.04. The summed E-state index contributed by atoms with van der Waals surface area (Å²) in [7, 11) is 1.36. The average molecular weight is 326 g/mol. The molecule has 1 N–H and O–H groups in total. The number of methoxy groups -OCH3 is 1. The lowest BCUT2D eigenvalue weighted by molar-refractivity contribution is -0.0516. The van der Waals surface area contributed by atoms with Crippen LogP contribution >= 0.6 is 0 Å². The van der Waals surface area contributed by atoms with Crippen LogP contribution in [0.4, 0.5) is 8.78 Å². The Morgan fingerprint density at radius 2 is 2.09 bits per heavy atom. The molecule has 3 rings (SSSR count). The highest BCUT2D eigenvalue weighted by Gasteiger charge is 2.33. The van der Waals surface area contributed by atoms with Gasteiger partial charge in [0, 0.05) is 25.2 Å². The molecule has 5 nitrogen and oxygen atoms in total. The molecule has 2 bridgehead atoms. The summed E-state index contributed by atoms with van der Waals surface area (Å²) in [4.78, 5) is 14.5. The van der Waals surface area contributed by atoms with E-state index in [0.29, 0.717) is 19.1 Å². The number of nitrogens with zero attached hydrogens (tertiary/aromatic N) is 1. The van der Waals surface area contributed by atoms with Crippen LogP contribution in [0.5, 0.6) is 11.5 Å². The molecule has 0 saturated carbocycles. The smallest absolute Gasteiger partial charge is 0.387 e. The zero-order valence-electron chi connectivity index (χ0n) is 12.9. The number of carbonyl (C=O) groups is 1. The van der Waals surface area contributed by atoms with Crippen molar-refractivity contribution in [2.45, 2.75) is 38.0 Å². The van der Waals surface area contributed by atoms with Gasteiger partial charge < -0.3 is 19.7 Å². The summed E-state index contributed by atoms with van der Waals surface area (Å²) in [5.41, 5.74) is 0.113. The maximum absolute atomic E-state index is 12.8. The first-order chi connectivity index (χ1) is 11.1. The molecular formula is C16H20F2N2O3. The van der Waals surface area contributed by atoms with Crippen LogP contribution in [0.3, 0.4) is 0 Å². The predicted molar refractivity (Wildman–Crippen MR) is 80.1 cm³/mol. The number of amides is 1. The van der Waals surface area contributed by atoms with Crippen molar-refractivity contribution in [1.82, 2.24) is 10.2 Å². The quantitative estimate of drug-likeness (QED) is 0.922. The van der Waals surface area contributed by atoms with Gasteiger partial charge in [-0.2, -0.15) is 8.78 Å². The highest BCUT2D eigenvalue weighted by molar-refractivity contribution is 5.98. The Morgan fingerprint density at radius 1 is 1.30 bits per heavy atom. The third-order valence-electron chi connectivity index (χ3n) is 4.45. The van der Waals surface area contributed by atoms with E-state index in [1.807, 2.05) is 0 Å². The molecule has 7 heteroatoms. The molecule has 2 fully saturated rings. The minimum atomic E-state index is -3.01. The van der Waals surface area contributed by atoms with Crippen molar-refractivity contribution in [3.63, 3.8) is 0 Å². The van der Waals surface area contributed by atoms with Crippen LogP contribution in [0.25, 0.3) is 0 Å². The molecule has 0 radical (unpaired) electrons. The molecule has 2 saturated heterocycles. The molecule has 126 valence electrons. The zero-order valence-corrected chi connectivity index (χ0v) is 12.9. The Balaban J connectivity index is 1.86. The number of carbonyl (C=O) groups excluding carboxylic acids is 1. The summed E-state index contributed by atoms with van der Waals surface area (Å²) >= 11 is 0. The zero-order chi connectivity index (χ0) is 16.4. The number of hydrogen-bond acceptors (Lipinski definition) is 4. The van der Waals surface area contributed by atoms with Crippen molar-refractivity contribution in [3.05, 3.63) is 23.8 Å². The van der Waals surface area contributed by atoms with Crippen molar-refractivity contribution < 1.29 is 23.0 Å². The summed E-state index contributed by atoms with van der Waals surface area (Å²) in [6, 6.07) is 5.32. The van der Waals surface area contributed by atoms with E-state index in [2.05, 4.69) is 10.1 Å². The minimum absolute atomic E-state index is 0.113. The number of likely N-dealkylation sites (tertiary alicyclic amines) is 1. The topological polar surface area (TPSA) is 50.8 Å². The molecule has 1 amide bonds. The number of halogens is 2. The Labute approximate surface area is 133 Å². The fourth-order valence-electron chi connectivity index (χ4n) is 3.35. The van der Waals surface area contributed by atoms with Gasteiger partial charge in [0.1, 0.15) is 0 Å². The summed E-state index contributed by atoms with van der Waals surface area (Å²) < 4.78 is 35.0. The molecule has 0 aromatic heterocycles. The van der Waals surface area contributed by atoms with E-state index >= 15 is 0 Å². The lowest BCUT2D eigenvalue weighted by Gasteiger charge is -2.25. The second-order valence-electron chi connectivity index (χ2n) is 5.89. The van der Waals surface area contributed by atoms with Gasteiger partial charge in [0.15, 0.2) is 11.5 Å². The van der Waals surface area contributed by atoms with Crippen LogP contribution in [0.15, 0.2) is 18.2 Å². The molecule has 0 aliphatic carbocycles. The van der Waals surface area contributed by atoms with Gasteiger partial charge in [0.2, 0.25) is 0 Å². The van der Waals surface area contributed by atoms with Crippen LogP contribution in [-0.2, 0) is 0 Å². The van der Waals surface area contributed by atoms with Gasteiger partial charge in [-0.15, -0.1) is 0 Å². The lowest BCUT2D eigenvalue weighted by atomic mass is 10.1. The van der Waals surface area contributed by atoms with E-state index in [4.69, 9.17) is 4.74 Å². The van der Waals surface area contributed by atoms with Crippen LogP contribution < -0.4 is 14.8 Å². The fraction of sp³-hybridized carbons (Fsp3) is 0.562. The molecule has 2 aliphatic heterocycles. The lowest BCUT2D eigenvalue weighted by Crippen LogP contribution is -2.39. The molecule has 2 heterocycles. The number of benzene rings is 1. The first kappa shape index (κ1) is 16.0. The number of nitrogens with one attached hydrogen (secondary N) is 1. The number of rotatable bonds is 4. The Hall–Kier alpha value is -1.89. The second kappa shape index (κ2) is 6.70. The van der Waals surface area contributed by atoms with E-state index in [1.54, 1.807) is 11.0 Å². The SMILES string of the molecule is COc1cccc(C(=O)N2CCC3CCC(C2)N3)c1OC(F)F. The van der Waals surface area contributed by atoms with Crippen molar-refractivity contribution in [2.75, 3.05) is 20.2 Å². The summed E-state index contributed by atoms with van der Waals surface area (Å²) in [5, 5.41) is 3.49. The van der Waals surface area contributed by atoms with Crippen LogP contribution in [0, 0.1) is 0 Å². The number of fused-ring (bicyclic) bond motifs is 2. The number of ether oxygens (including phenoxy) is 2. The minimum Gasteiger partial charge on any atom is -0.493 e. The molecule has 2 unspecified atom stereocenters. The van der Waals surface area contributed by atoms with E-state index < -0.39 is 6.61 Å². The van der Waals surface area contributed by atoms with E-state index in [9.17, 15) is 13.6 Å². The summed E-state index contributed by atoms with van der Waals surface area (Å²) in [5.74, 6) is -0.364. The summed E-state index contributed by atoms with van der Waals surface area (Å²) in [6.45, 7) is -1.82. The molecular weight excluding hydrogens is 306 g/mol. The van der Waals surface area contributed by atoms with Crippen molar-refractivity contribution in [2.24, 2.45) is 0 Å². The van der Waals surface area contributed by atoms with Gasteiger partial charge in [0.25, 0.3) is 5.91 Å². The van der Waals surface area contributed by atoms with Crippen LogP contribution in [0.1, 0.15) is 29.6 Å². The van der Waals surface area contributed by atoms with Crippen LogP contribution in [0.2, 0.25) is 0 Å². The molecule has 2 atom stereocenters. The first-order valence-corrected chi connectivity index (χ1v) is 7.75. The maximum atomic E-state index is 12.8. The van der Waals surface area contributed by atoms with Crippen LogP contribution in [-0.4, -0.2) is 49.7 Å². The Morgan fingerprint density at radius 3 is 2.83 bits per heavy atom. The van der Waals surface area contributed by atoms with Gasteiger partial charge in [-0.05, 0) is 31.4 Å². The Bertz CT molecular complexity index is 582. The number of alkyl halides is 2. The fourth-order valence-corrected chi connectivity index (χ4v) is 3.35. The molecule has 1 aromatic rings. The van der Waals surface area contributed by atoms with Gasteiger partial charge >= 0.3 is 6.61 Å². The van der Waals surface area contributed by atoms with Crippen molar-refractivity contribution in [1.29, 1.82) is 0 Å². The predicted octanol–water partition coefficient (Wildman–Crippen LogP) is 2.26. The van der Waals surface area contributed by atoms with E-state index in [-0.39, 0.29) is 29.0 Å². The number of para-hydroxylation sites is 1. The van der Waals surface area contributed by atoms with E-state index in [1.165, 1.54) is 19.2 Å². The third kappa shape index (κ3) is 3.39. The number of hydrogen-bond donors (Lipinski definition) is 1. The van der Waals surface area contributed by atoms with Gasteiger partial charge in [0.05, 0.1) is 12.7 Å². The molecule has 2 aliphatic rings. The molecule has 0 spiro atoms. The maximum Gasteiger partial charge on any atom is 0.387 e. The Kier molecular flexibility index (Phi) is 4.66. The molecule has 23 heavy (non-hydrogen) atoms. The van der Waals surface area contributed by atoms with Gasteiger partial charge in [-0.25, -0.2) is 0 Å². The third-order valence-corrected chi connectivity index (χ3v) is 4.45. The van der Waals surface area contributed by atoms with Crippen molar-refractivity contribution >= 4 is 5.91 Å². The first-order valence-electron chi connectivity index (χ1n) is 7.75. The second-order valence-corrected chi connectivity index (χ2v) is 5.89.